The predicted octanol–water partition coefficient (Wildman–Crippen LogP) is 8.42. The summed E-state index contributed by atoms with van der Waals surface area (Å²) in [5.41, 5.74) is 8.20. The first-order valence-corrected chi connectivity index (χ1v) is 19.4. The van der Waals surface area contributed by atoms with Crippen LogP contribution in [0.2, 0.25) is 13.1 Å². The van der Waals surface area contributed by atoms with Gasteiger partial charge in [0.25, 0.3) is 0 Å². The molecule has 0 amide bonds. The summed E-state index contributed by atoms with van der Waals surface area (Å²) >= 11 is -2.10. The normalized spacial score (nSPS) is 19.3. The molecule has 2 unspecified atom stereocenters. The fraction of sp³-hybridized carbons (Fsp3) is 0.308. The standard InChI is InChI=1S/C15H9F2.C9H13.C2H6Si.2ClH.Zr/c16-12-7-11(8-13(17)9-12)15-6-5-10-3-1-2-4-14(10)15;1-6-5-7(2)9(4)8(6)3;1-3-2;;;/h1-9H;6H,1-4H3;1-2H3;2*1H;. The molecule has 2 aromatic rings. The maximum atomic E-state index is 14.0. The Morgan fingerprint density at radius 1 is 0.875 bits per heavy atom. The van der Waals surface area contributed by atoms with Crippen molar-refractivity contribution in [3.63, 3.8) is 0 Å². The Morgan fingerprint density at radius 3 is 2.00 bits per heavy atom. The zero-order valence-electron chi connectivity index (χ0n) is 19.3. The molecule has 0 heterocycles. The van der Waals surface area contributed by atoms with Crippen molar-refractivity contribution in [2.24, 2.45) is 5.92 Å². The van der Waals surface area contributed by atoms with Crippen molar-refractivity contribution in [1.29, 1.82) is 0 Å². The average Bonchev–Trinajstić information content (AvgIpc) is 3.15. The number of hydrogen-bond acceptors (Lipinski definition) is 0. The Bertz CT molecular complexity index is 1170. The number of allylic oxidation sites excluding steroid dienone is 5. The Kier molecular flexibility index (Phi) is 9.12. The Balaban J connectivity index is 0.00000181. The van der Waals surface area contributed by atoms with Gasteiger partial charge in [0.2, 0.25) is 0 Å². The third-order valence-corrected chi connectivity index (χ3v) is 25.4. The Morgan fingerprint density at radius 2 is 1.47 bits per heavy atom. The van der Waals surface area contributed by atoms with E-state index in [9.17, 15) is 8.78 Å². The topological polar surface area (TPSA) is 0 Å². The first-order chi connectivity index (χ1) is 14.2. The van der Waals surface area contributed by atoms with E-state index in [2.05, 4.69) is 65.1 Å². The maximum absolute atomic E-state index is 14.0. The second kappa shape index (κ2) is 10.6. The van der Waals surface area contributed by atoms with Crippen molar-refractivity contribution in [2.75, 3.05) is 0 Å². The van der Waals surface area contributed by atoms with Crippen molar-refractivity contribution in [2.45, 2.75) is 44.4 Å². The quantitative estimate of drug-likeness (QED) is 0.325. The van der Waals surface area contributed by atoms with Crippen LogP contribution in [0.3, 0.4) is 0 Å². The van der Waals surface area contributed by atoms with Gasteiger partial charge in [0.15, 0.2) is 0 Å². The minimum Gasteiger partial charge on any atom is -0.147 e. The monoisotopic (exact) mass is 568 g/mol. The minimum atomic E-state index is -2.10. The average molecular weight is 571 g/mol. The molecule has 0 bridgehead atoms. The first kappa shape index (κ1) is 27.4. The predicted molar refractivity (Wildman–Crippen MR) is 135 cm³/mol. The van der Waals surface area contributed by atoms with Crippen LogP contribution in [0.15, 0.2) is 68.5 Å². The second-order valence-corrected chi connectivity index (χ2v) is 26.2. The SMILES string of the molecule is CC1=C(C)C(C)[C]([Zr]([CH]2C=C(c3cc(F)cc(F)c3)c3ccccc32)=[Si](C)C)=C1C.Cl.Cl. The molecule has 0 nitrogen and oxygen atoms in total. The van der Waals surface area contributed by atoms with Crippen LogP contribution in [0.5, 0.6) is 0 Å². The molecule has 2 aromatic carbocycles. The van der Waals surface area contributed by atoms with Gasteiger partial charge in [-0.3, -0.25) is 0 Å². The molecule has 0 aliphatic heterocycles. The summed E-state index contributed by atoms with van der Waals surface area (Å²) in [5, 5.41) is 0. The van der Waals surface area contributed by atoms with Crippen molar-refractivity contribution in [1.82, 2.24) is 0 Å². The van der Waals surface area contributed by atoms with E-state index in [-0.39, 0.29) is 24.8 Å². The van der Waals surface area contributed by atoms with Crippen LogP contribution >= 0.6 is 24.8 Å². The molecule has 0 radical (unpaired) electrons. The van der Waals surface area contributed by atoms with Gasteiger partial charge in [-0.05, 0) is 0 Å². The van der Waals surface area contributed by atoms with Crippen LogP contribution in [0.4, 0.5) is 8.78 Å². The number of fused-ring (bicyclic) bond motifs is 1. The van der Waals surface area contributed by atoms with Crippen LogP contribution < -0.4 is 0 Å². The largest absolute Gasteiger partial charge is 0.147 e. The smallest absolute Gasteiger partial charge is 0.147 e. The van der Waals surface area contributed by atoms with Crippen LogP contribution in [-0.4, -0.2) is 5.43 Å². The summed E-state index contributed by atoms with van der Waals surface area (Å²) in [7, 11) is 0. The van der Waals surface area contributed by atoms with Crippen LogP contribution in [0.1, 0.15) is 48.0 Å². The van der Waals surface area contributed by atoms with Gasteiger partial charge >= 0.3 is 187 Å². The van der Waals surface area contributed by atoms with E-state index in [0.717, 1.165) is 17.2 Å². The number of benzene rings is 2. The zero-order valence-corrected chi connectivity index (χ0v) is 24.4. The van der Waals surface area contributed by atoms with Gasteiger partial charge in [-0.25, -0.2) is 0 Å². The molecule has 4 rings (SSSR count). The van der Waals surface area contributed by atoms with E-state index in [4.69, 9.17) is 0 Å². The van der Waals surface area contributed by atoms with Gasteiger partial charge < -0.3 is 0 Å². The van der Waals surface area contributed by atoms with Gasteiger partial charge in [0, 0.05) is 0 Å². The van der Waals surface area contributed by atoms with Crippen LogP contribution in [0.25, 0.3) is 5.57 Å². The molecular weight excluding hydrogens is 540 g/mol. The van der Waals surface area contributed by atoms with Crippen molar-refractivity contribution in [3.8, 4) is 0 Å². The van der Waals surface area contributed by atoms with Crippen molar-refractivity contribution >= 4 is 35.8 Å². The number of rotatable bonds is 3. The fourth-order valence-electron chi connectivity index (χ4n) is 5.11. The van der Waals surface area contributed by atoms with E-state index in [1.165, 1.54) is 34.4 Å². The van der Waals surface area contributed by atoms with Crippen molar-refractivity contribution in [3.05, 3.63) is 96.9 Å². The molecule has 0 spiro atoms. The molecule has 0 saturated carbocycles. The van der Waals surface area contributed by atoms with E-state index in [1.807, 2.05) is 6.07 Å². The molecule has 2 aliphatic rings. The van der Waals surface area contributed by atoms with Gasteiger partial charge in [0.1, 0.15) is 0 Å². The van der Waals surface area contributed by atoms with Crippen molar-refractivity contribution < 1.29 is 29.1 Å². The molecule has 0 fully saturated rings. The van der Waals surface area contributed by atoms with E-state index < -0.39 is 37.4 Å². The molecule has 0 N–H and O–H groups in total. The molecule has 32 heavy (non-hydrogen) atoms. The Hall–Kier alpha value is -0.800. The van der Waals surface area contributed by atoms with Gasteiger partial charge in [-0.15, -0.1) is 24.8 Å². The fourth-order valence-corrected chi connectivity index (χ4v) is 24.8. The van der Waals surface area contributed by atoms with Gasteiger partial charge in [-0.1, -0.05) is 0 Å². The third-order valence-electron chi connectivity index (χ3n) is 6.87. The summed E-state index contributed by atoms with van der Waals surface area (Å²) in [6.45, 7) is 14.2. The van der Waals surface area contributed by atoms with Crippen LogP contribution in [0, 0.1) is 17.6 Å². The van der Waals surface area contributed by atoms with Gasteiger partial charge in [0.05, 0.1) is 0 Å². The molecule has 0 saturated heterocycles. The third kappa shape index (κ3) is 4.71. The zero-order chi connectivity index (χ0) is 21.7. The number of hydrogen-bond donors (Lipinski definition) is 0. The summed E-state index contributed by atoms with van der Waals surface area (Å²) in [5.74, 6) is -0.490. The van der Waals surface area contributed by atoms with E-state index in [0.29, 0.717) is 15.1 Å². The number of halogens is 4. The van der Waals surface area contributed by atoms with Gasteiger partial charge in [-0.2, -0.15) is 0 Å². The second-order valence-electron chi connectivity index (χ2n) is 8.79. The molecule has 6 heteroatoms. The minimum absolute atomic E-state index is 0. The van der Waals surface area contributed by atoms with Crippen LogP contribution in [-0.2, 0) is 20.4 Å². The molecular formula is C26H30Cl2F2SiZr. The summed E-state index contributed by atoms with van der Waals surface area (Å²) in [6, 6.07) is 12.4. The van der Waals surface area contributed by atoms with E-state index in [1.54, 1.807) is 3.28 Å². The Labute approximate surface area is 210 Å². The summed E-state index contributed by atoms with van der Waals surface area (Å²) in [6.07, 6.45) is 2.36. The summed E-state index contributed by atoms with van der Waals surface area (Å²) in [4.78, 5) is 0. The molecule has 2 atom stereocenters. The first-order valence-electron chi connectivity index (χ1n) is 10.5. The van der Waals surface area contributed by atoms with E-state index >= 15 is 0 Å². The molecule has 2 aliphatic carbocycles. The summed E-state index contributed by atoms with van der Waals surface area (Å²) < 4.78 is 30.2. The molecule has 0 aromatic heterocycles. The maximum Gasteiger partial charge on any atom is -0.147 e. The molecule has 170 valence electrons.